The van der Waals surface area contributed by atoms with Gasteiger partial charge in [-0.05, 0) is 23.8 Å². The van der Waals surface area contributed by atoms with Crippen LogP contribution < -0.4 is 5.32 Å². The van der Waals surface area contributed by atoms with Crippen molar-refractivity contribution in [2.45, 2.75) is 6.54 Å². The first-order valence-corrected chi connectivity index (χ1v) is 6.12. The topological polar surface area (TPSA) is 96.0 Å². The molecule has 2 aromatic carbocycles. The van der Waals surface area contributed by atoms with Gasteiger partial charge in [0.15, 0.2) is 0 Å². The van der Waals surface area contributed by atoms with Crippen molar-refractivity contribution < 1.29 is 9.72 Å². The molecule has 6 nitrogen and oxygen atoms in total. The molecule has 2 aromatic rings. The summed E-state index contributed by atoms with van der Waals surface area (Å²) in [4.78, 5) is 22.0. The van der Waals surface area contributed by atoms with Crippen molar-refractivity contribution in [3.63, 3.8) is 0 Å². The number of carbonyl (C=O) groups is 1. The highest BCUT2D eigenvalue weighted by Crippen LogP contribution is 2.13. The molecule has 0 heterocycles. The maximum atomic E-state index is 11.9. The summed E-state index contributed by atoms with van der Waals surface area (Å²) in [7, 11) is 0. The zero-order chi connectivity index (χ0) is 15.2. The van der Waals surface area contributed by atoms with Crippen LogP contribution in [-0.4, -0.2) is 10.8 Å². The van der Waals surface area contributed by atoms with Crippen LogP contribution in [-0.2, 0) is 6.54 Å². The first kappa shape index (κ1) is 14.2. The second-order valence-corrected chi connectivity index (χ2v) is 4.30. The number of hydrogen-bond acceptors (Lipinski definition) is 4. The number of non-ortho nitro benzene ring substituents is 1. The van der Waals surface area contributed by atoms with E-state index >= 15 is 0 Å². The third-order valence-electron chi connectivity index (χ3n) is 2.86. The highest BCUT2D eigenvalue weighted by atomic mass is 16.6. The predicted molar refractivity (Wildman–Crippen MR) is 75.4 cm³/mol. The fraction of sp³-hybridized carbons (Fsp3) is 0.0667. The quantitative estimate of drug-likeness (QED) is 0.687. The van der Waals surface area contributed by atoms with Gasteiger partial charge in [0.2, 0.25) is 0 Å². The molecule has 0 aromatic heterocycles. The molecule has 0 bridgehead atoms. The summed E-state index contributed by atoms with van der Waals surface area (Å²) in [5.41, 5.74) is 1.50. The normalized spacial score (nSPS) is 9.67. The van der Waals surface area contributed by atoms with Crippen LogP contribution in [0.1, 0.15) is 21.5 Å². The molecule has 0 saturated carbocycles. The molecule has 0 aliphatic heterocycles. The monoisotopic (exact) mass is 281 g/mol. The molecular weight excluding hydrogens is 270 g/mol. The summed E-state index contributed by atoms with van der Waals surface area (Å²) in [5.74, 6) is -0.386. The summed E-state index contributed by atoms with van der Waals surface area (Å²) < 4.78 is 0. The van der Waals surface area contributed by atoms with Gasteiger partial charge in [-0.25, -0.2) is 0 Å². The van der Waals surface area contributed by atoms with Gasteiger partial charge in [0, 0.05) is 24.2 Å². The fourth-order valence-corrected chi connectivity index (χ4v) is 1.74. The largest absolute Gasteiger partial charge is 0.348 e. The minimum absolute atomic E-state index is 0.124. The number of rotatable bonds is 4. The Kier molecular flexibility index (Phi) is 4.26. The van der Waals surface area contributed by atoms with Gasteiger partial charge in [0.05, 0.1) is 16.6 Å². The van der Waals surface area contributed by atoms with Crippen molar-refractivity contribution in [2.24, 2.45) is 0 Å². The van der Waals surface area contributed by atoms with E-state index in [4.69, 9.17) is 5.26 Å². The molecular formula is C15H11N3O3. The lowest BCUT2D eigenvalue weighted by Gasteiger charge is -2.05. The lowest BCUT2D eigenvalue weighted by molar-refractivity contribution is -0.384. The Morgan fingerprint density at radius 2 is 1.95 bits per heavy atom. The number of hydrogen-bond donors (Lipinski definition) is 1. The van der Waals surface area contributed by atoms with E-state index in [0.717, 1.165) is 5.56 Å². The minimum atomic E-state index is -0.544. The number of nitro benzene ring substituents is 1. The van der Waals surface area contributed by atoms with Gasteiger partial charge >= 0.3 is 0 Å². The standard InChI is InChI=1S/C15H11N3O3/c16-9-11-4-6-12(7-5-11)10-17-15(19)13-2-1-3-14(8-13)18(20)21/h1-8H,10H2,(H,17,19). The van der Waals surface area contributed by atoms with E-state index in [1.807, 2.05) is 6.07 Å². The van der Waals surface area contributed by atoms with E-state index in [0.29, 0.717) is 5.56 Å². The maximum absolute atomic E-state index is 11.9. The molecule has 1 N–H and O–H groups in total. The second kappa shape index (κ2) is 6.30. The molecule has 6 heteroatoms. The van der Waals surface area contributed by atoms with Crippen molar-refractivity contribution >= 4 is 11.6 Å². The van der Waals surface area contributed by atoms with Gasteiger partial charge < -0.3 is 5.32 Å². The van der Waals surface area contributed by atoms with E-state index in [2.05, 4.69) is 5.32 Å². The van der Waals surface area contributed by atoms with Crippen LogP contribution in [0.4, 0.5) is 5.69 Å². The molecule has 0 aliphatic rings. The zero-order valence-electron chi connectivity index (χ0n) is 10.9. The SMILES string of the molecule is N#Cc1ccc(CNC(=O)c2cccc([N+](=O)[O-])c2)cc1. The van der Waals surface area contributed by atoms with E-state index in [-0.39, 0.29) is 23.7 Å². The van der Waals surface area contributed by atoms with Gasteiger partial charge in [0.1, 0.15) is 0 Å². The van der Waals surface area contributed by atoms with Crippen molar-refractivity contribution in [3.05, 3.63) is 75.3 Å². The second-order valence-electron chi connectivity index (χ2n) is 4.30. The average Bonchev–Trinajstić information content (AvgIpc) is 2.53. The van der Waals surface area contributed by atoms with Gasteiger partial charge in [-0.3, -0.25) is 14.9 Å². The molecule has 0 fully saturated rings. The van der Waals surface area contributed by atoms with Gasteiger partial charge in [-0.2, -0.15) is 5.26 Å². The van der Waals surface area contributed by atoms with Crippen LogP contribution in [0.5, 0.6) is 0 Å². The van der Waals surface area contributed by atoms with E-state index in [9.17, 15) is 14.9 Å². The van der Waals surface area contributed by atoms with Gasteiger partial charge in [0.25, 0.3) is 11.6 Å². The Balaban J connectivity index is 2.02. The molecule has 0 atom stereocenters. The Bertz CT molecular complexity index is 718. The molecule has 0 spiro atoms. The van der Waals surface area contributed by atoms with Crippen LogP contribution >= 0.6 is 0 Å². The number of carbonyl (C=O) groups excluding carboxylic acids is 1. The van der Waals surface area contributed by atoms with Crippen molar-refractivity contribution in [3.8, 4) is 6.07 Å². The van der Waals surface area contributed by atoms with Crippen molar-refractivity contribution in [2.75, 3.05) is 0 Å². The number of nitro groups is 1. The summed E-state index contributed by atoms with van der Waals surface area (Å²) in [6.45, 7) is 0.285. The van der Waals surface area contributed by atoms with Gasteiger partial charge in [-0.1, -0.05) is 18.2 Å². The number of nitriles is 1. The zero-order valence-corrected chi connectivity index (χ0v) is 10.9. The third kappa shape index (κ3) is 3.64. The fourth-order valence-electron chi connectivity index (χ4n) is 1.74. The highest BCUT2D eigenvalue weighted by Gasteiger charge is 2.11. The number of benzene rings is 2. The average molecular weight is 281 g/mol. The van der Waals surface area contributed by atoms with Gasteiger partial charge in [-0.15, -0.1) is 0 Å². The summed E-state index contributed by atoms with van der Waals surface area (Å²) >= 11 is 0. The van der Waals surface area contributed by atoms with Crippen molar-refractivity contribution in [1.29, 1.82) is 5.26 Å². The van der Waals surface area contributed by atoms with E-state index in [1.54, 1.807) is 24.3 Å². The number of amides is 1. The lowest BCUT2D eigenvalue weighted by Crippen LogP contribution is -2.22. The molecule has 1 amide bonds. The van der Waals surface area contributed by atoms with Crippen LogP contribution in [0, 0.1) is 21.4 Å². The Labute approximate surface area is 120 Å². The molecule has 21 heavy (non-hydrogen) atoms. The Morgan fingerprint density at radius 3 is 2.57 bits per heavy atom. The van der Waals surface area contributed by atoms with E-state index < -0.39 is 4.92 Å². The first-order valence-electron chi connectivity index (χ1n) is 6.12. The highest BCUT2D eigenvalue weighted by molar-refractivity contribution is 5.94. The Hall–Kier alpha value is -3.20. The minimum Gasteiger partial charge on any atom is -0.348 e. The molecule has 0 unspecified atom stereocenters. The van der Waals surface area contributed by atoms with Crippen LogP contribution in [0.2, 0.25) is 0 Å². The van der Waals surface area contributed by atoms with Crippen molar-refractivity contribution in [1.82, 2.24) is 5.32 Å². The van der Waals surface area contributed by atoms with Crippen LogP contribution in [0.3, 0.4) is 0 Å². The molecule has 104 valence electrons. The summed E-state index contributed by atoms with van der Waals surface area (Å²) in [6, 6.07) is 14.4. The molecule has 2 rings (SSSR count). The van der Waals surface area contributed by atoms with Crippen LogP contribution in [0.15, 0.2) is 48.5 Å². The predicted octanol–water partition coefficient (Wildman–Crippen LogP) is 2.40. The van der Waals surface area contributed by atoms with E-state index in [1.165, 1.54) is 24.3 Å². The summed E-state index contributed by atoms with van der Waals surface area (Å²) in [6.07, 6.45) is 0. The number of nitrogens with zero attached hydrogens (tertiary/aromatic N) is 2. The molecule has 0 aliphatic carbocycles. The lowest BCUT2D eigenvalue weighted by atomic mass is 10.1. The molecule has 0 radical (unpaired) electrons. The smallest absolute Gasteiger partial charge is 0.270 e. The summed E-state index contributed by atoms with van der Waals surface area (Å²) in [5, 5.41) is 22.0. The molecule has 0 saturated heterocycles. The number of nitrogens with one attached hydrogen (secondary N) is 1. The Morgan fingerprint density at radius 1 is 1.24 bits per heavy atom. The maximum Gasteiger partial charge on any atom is 0.270 e. The first-order chi connectivity index (χ1) is 10.1. The third-order valence-corrected chi connectivity index (χ3v) is 2.86. The van der Waals surface area contributed by atoms with Crippen LogP contribution in [0.25, 0.3) is 0 Å².